The van der Waals surface area contributed by atoms with Gasteiger partial charge < -0.3 is 14.2 Å². The zero-order valence-electron chi connectivity index (χ0n) is 21.1. The van der Waals surface area contributed by atoms with Crippen LogP contribution in [-0.2, 0) is 0 Å². The van der Waals surface area contributed by atoms with Gasteiger partial charge in [-0.3, -0.25) is 4.90 Å². The van der Waals surface area contributed by atoms with E-state index in [2.05, 4.69) is 18.4 Å². The molecule has 3 rings (SSSR count). The van der Waals surface area contributed by atoms with Crippen molar-refractivity contribution in [2.24, 2.45) is 0 Å². The summed E-state index contributed by atoms with van der Waals surface area (Å²) >= 11 is 6.66. The third-order valence-corrected chi connectivity index (χ3v) is 7.04. The second-order valence-corrected chi connectivity index (χ2v) is 9.62. The molecule has 1 heterocycles. The van der Waals surface area contributed by atoms with Crippen molar-refractivity contribution in [3.63, 3.8) is 0 Å². The van der Waals surface area contributed by atoms with Crippen molar-refractivity contribution in [3.05, 3.63) is 58.4 Å². The van der Waals surface area contributed by atoms with Crippen molar-refractivity contribution >= 4 is 17.2 Å². The van der Waals surface area contributed by atoms with Crippen LogP contribution >= 0.6 is 11.6 Å². The molecule has 0 bridgehead atoms. The topological polar surface area (TPSA) is 30.9 Å². The number of likely N-dealkylation sites (tertiary alicyclic amines) is 1. The van der Waals surface area contributed by atoms with Crippen molar-refractivity contribution in [1.29, 1.82) is 0 Å². The predicted molar refractivity (Wildman–Crippen MR) is 138 cm³/mol. The minimum atomic E-state index is -0.706. The number of nitrogens with zero attached hydrogens (tertiary/aromatic N) is 1. The lowest BCUT2D eigenvalue weighted by molar-refractivity contribution is 0.130. The second-order valence-electron chi connectivity index (χ2n) is 9.24. The van der Waals surface area contributed by atoms with E-state index in [1.54, 1.807) is 19.2 Å². The number of benzene rings is 2. The summed E-state index contributed by atoms with van der Waals surface area (Å²) in [5, 5.41) is 0.462. The summed E-state index contributed by atoms with van der Waals surface area (Å²) in [5.41, 5.74) is 3.47. The van der Waals surface area contributed by atoms with Gasteiger partial charge >= 0.3 is 0 Å². The first-order valence-corrected chi connectivity index (χ1v) is 12.5. The Morgan fingerprint density at radius 2 is 1.74 bits per heavy atom. The Labute approximate surface area is 212 Å². The number of methoxy groups -OCH3 is 1. The van der Waals surface area contributed by atoms with E-state index in [1.807, 2.05) is 13.8 Å². The van der Waals surface area contributed by atoms with Crippen LogP contribution in [0.15, 0.2) is 30.8 Å². The van der Waals surface area contributed by atoms with Gasteiger partial charge in [-0.15, -0.1) is 0 Å². The lowest BCUT2D eigenvalue weighted by Crippen LogP contribution is -2.37. The second kappa shape index (κ2) is 12.6. The first kappa shape index (κ1) is 27.3. The van der Waals surface area contributed by atoms with Gasteiger partial charge in [-0.2, -0.15) is 0 Å². The predicted octanol–water partition coefficient (Wildman–Crippen LogP) is 7.21. The van der Waals surface area contributed by atoms with Crippen molar-refractivity contribution in [1.82, 2.24) is 4.90 Å². The quantitative estimate of drug-likeness (QED) is 0.321. The van der Waals surface area contributed by atoms with Gasteiger partial charge in [0, 0.05) is 25.2 Å². The summed E-state index contributed by atoms with van der Waals surface area (Å²) < 4.78 is 44.9. The number of hydrogen-bond donors (Lipinski definition) is 0. The van der Waals surface area contributed by atoms with Crippen LogP contribution in [0.2, 0.25) is 5.02 Å². The van der Waals surface area contributed by atoms with Gasteiger partial charge in [0.2, 0.25) is 5.75 Å². The molecule has 192 valence electrons. The Kier molecular flexibility index (Phi) is 9.81. The van der Waals surface area contributed by atoms with Crippen LogP contribution < -0.4 is 14.2 Å². The van der Waals surface area contributed by atoms with Gasteiger partial charge in [-0.25, -0.2) is 8.78 Å². The Balaban J connectivity index is 1.79. The summed E-state index contributed by atoms with van der Waals surface area (Å²) in [6, 6.07) is 6.53. The van der Waals surface area contributed by atoms with Gasteiger partial charge in [0.05, 0.1) is 18.7 Å². The maximum absolute atomic E-state index is 13.5. The van der Waals surface area contributed by atoms with Gasteiger partial charge in [-0.1, -0.05) is 37.2 Å². The highest BCUT2D eigenvalue weighted by atomic mass is 35.5. The minimum Gasteiger partial charge on any atom is -0.491 e. The molecule has 0 amide bonds. The lowest BCUT2D eigenvalue weighted by Gasteiger charge is -2.29. The summed E-state index contributed by atoms with van der Waals surface area (Å²) in [7, 11) is 1.56. The lowest BCUT2D eigenvalue weighted by atomic mass is 9.98. The van der Waals surface area contributed by atoms with Gasteiger partial charge in [0.1, 0.15) is 18.6 Å². The Bertz CT molecular complexity index is 1000. The summed E-state index contributed by atoms with van der Waals surface area (Å²) in [6.45, 7) is 13.0. The van der Waals surface area contributed by atoms with Crippen LogP contribution in [0.3, 0.4) is 0 Å². The molecule has 7 heteroatoms. The van der Waals surface area contributed by atoms with Crippen molar-refractivity contribution in [3.8, 4) is 17.2 Å². The highest BCUT2D eigenvalue weighted by Gasteiger charge is 2.26. The molecule has 0 radical (unpaired) electrons. The number of ether oxygens (including phenoxy) is 3. The standard InChI is InChI=1S/C28H36ClF2NO3/c1-18(2)24-20(4)25(29)27(33-5)28(26(24)35-17-15-32-13-10-23(31)11-14-32)34-16-12-19(3)21-6-8-22(30)9-7-21/h6-9,19,23H,1,10-17H2,2-5H3. The molecule has 35 heavy (non-hydrogen) atoms. The molecule has 1 fully saturated rings. The molecular weight excluding hydrogens is 472 g/mol. The molecule has 0 aliphatic carbocycles. The van der Waals surface area contributed by atoms with Crippen LogP contribution in [0.1, 0.15) is 55.7 Å². The fraction of sp³-hybridized carbons (Fsp3) is 0.500. The molecule has 0 spiro atoms. The van der Waals surface area contributed by atoms with E-state index >= 15 is 0 Å². The molecule has 1 unspecified atom stereocenters. The minimum absolute atomic E-state index is 0.172. The molecule has 1 atom stereocenters. The number of alkyl halides is 1. The third-order valence-electron chi connectivity index (χ3n) is 6.58. The highest BCUT2D eigenvalue weighted by molar-refractivity contribution is 6.33. The molecule has 2 aromatic carbocycles. The smallest absolute Gasteiger partial charge is 0.205 e. The van der Waals surface area contributed by atoms with Crippen molar-refractivity contribution in [2.45, 2.75) is 52.1 Å². The number of allylic oxidation sites excluding steroid dienone is 1. The Morgan fingerprint density at radius 3 is 2.34 bits per heavy atom. The monoisotopic (exact) mass is 507 g/mol. The zero-order valence-corrected chi connectivity index (χ0v) is 21.9. The van der Waals surface area contributed by atoms with Crippen molar-refractivity contribution < 1.29 is 23.0 Å². The number of piperidine rings is 1. The highest BCUT2D eigenvalue weighted by Crippen LogP contribution is 2.49. The Morgan fingerprint density at radius 1 is 1.11 bits per heavy atom. The maximum Gasteiger partial charge on any atom is 0.205 e. The van der Waals surface area contributed by atoms with E-state index in [0.717, 1.165) is 35.4 Å². The molecule has 0 N–H and O–H groups in total. The summed E-state index contributed by atoms with van der Waals surface area (Å²) in [5.74, 6) is 1.36. The molecule has 1 aliphatic heterocycles. The van der Waals surface area contributed by atoms with Crippen LogP contribution in [0.5, 0.6) is 17.2 Å². The molecule has 1 aliphatic rings. The molecule has 0 saturated carbocycles. The van der Waals surface area contributed by atoms with Crippen LogP contribution in [-0.4, -0.2) is 51.0 Å². The van der Waals surface area contributed by atoms with E-state index in [9.17, 15) is 8.78 Å². The number of hydrogen-bond acceptors (Lipinski definition) is 4. The van der Waals surface area contributed by atoms with Gasteiger partial charge in [-0.05, 0) is 67.9 Å². The van der Waals surface area contributed by atoms with Crippen LogP contribution in [0.25, 0.3) is 5.57 Å². The van der Waals surface area contributed by atoms with Crippen LogP contribution in [0.4, 0.5) is 8.78 Å². The molecule has 0 aromatic heterocycles. The van der Waals surface area contributed by atoms with Gasteiger partial charge in [0.25, 0.3) is 0 Å². The normalized spacial score (nSPS) is 15.6. The molecule has 4 nitrogen and oxygen atoms in total. The fourth-order valence-electron chi connectivity index (χ4n) is 4.43. The van der Waals surface area contributed by atoms with Crippen molar-refractivity contribution in [2.75, 3.05) is 40.0 Å². The first-order valence-electron chi connectivity index (χ1n) is 12.2. The fourth-order valence-corrected chi connectivity index (χ4v) is 4.69. The molecule has 2 aromatic rings. The number of rotatable bonds is 11. The van der Waals surface area contributed by atoms with E-state index in [4.69, 9.17) is 25.8 Å². The average Bonchev–Trinajstić information content (AvgIpc) is 2.83. The maximum atomic E-state index is 13.5. The summed E-state index contributed by atoms with van der Waals surface area (Å²) in [4.78, 5) is 2.21. The summed E-state index contributed by atoms with van der Waals surface area (Å²) in [6.07, 6.45) is 1.12. The molecule has 1 saturated heterocycles. The largest absolute Gasteiger partial charge is 0.491 e. The SMILES string of the molecule is C=C(C)c1c(C)c(Cl)c(OC)c(OCCC(C)c2ccc(F)cc2)c1OCCN1CCC(F)CC1. The third kappa shape index (κ3) is 6.89. The Hall–Kier alpha value is -2.31. The van der Waals surface area contributed by atoms with Crippen LogP contribution in [0, 0.1) is 12.7 Å². The average molecular weight is 508 g/mol. The molecular formula is C28H36ClF2NO3. The van der Waals surface area contributed by atoms with E-state index in [-0.39, 0.29) is 11.7 Å². The van der Waals surface area contributed by atoms with E-state index < -0.39 is 6.17 Å². The van der Waals surface area contributed by atoms with E-state index in [0.29, 0.717) is 61.3 Å². The zero-order chi connectivity index (χ0) is 25.5. The van der Waals surface area contributed by atoms with E-state index in [1.165, 1.54) is 12.1 Å². The first-order chi connectivity index (χ1) is 16.7. The van der Waals surface area contributed by atoms with Gasteiger partial charge in [0.15, 0.2) is 11.5 Å². The number of halogens is 3.